The third-order valence-corrected chi connectivity index (χ3v) is 4.70. The lowest BCUT2D eigenvalue weighted by molar-refractivity contribution is 0.400. The molecule has 3 rings (SSSR count). The predicted octanol–water partition coefficient (Wildman–Crippen LogP) is 5.37. The summed E-state index contributed by atoms with van der Waals surface area (Å²) in [6.45, 7) is 4.48. The van der Waals surface area contributed by atoms with Crippen LogP contribution in [0.5, 0.6) is 0 Å². The Hall–Kier alpha value is -2.38. The number of hydrogen-bond acceptors (Lipinski definition) is 1. The van der Waals surface area contributed by atoms with E-state index in [1.54, 1.807) is 0 Å². The maximum atomic E-state index is 3.93. The van der Waals surface area contributed by atoms with E-state index in [9.17, 15) is 0 Å². The summed E-state index contributed by atoms with van der Waals surface area (Å²) in [5.41, 5.74) is 3.45. The van der Waals surface area contributed by atoms with Crippen LogP contribution in [0.25, 0.3) is 0 Å². The average Bonchev–Trinajstić information content (AvgIpc) is 2.68. The molecule has 3 aromatic rings. The Morgan fingerprint density at radius 2 is 1.00 bits per heavy atom. The van der Waals surface area contributed by atoms with Crippen LogP contribution in [0.4, 0.5) is 0 Å². The zero-order chi connectivity index (χ0) is 16.8. The van der Waals surface area contributed by atoms with Crippen molar-refractivity contribution in [2.24, 2.45) is 0 Å². The van der Waals surface area contributed by atoms with Crippen LogP contribution in [-0.4, -0.2) is 6.04 Å². The number of nitrogens with one attached hydrogen (secondary N) is 1. The third kappa shape index (κ3) is 3.13. The van der Waals surface area contributed by atoms with Gasteiger partial charge < -0.3 is 0 Å². The topological polar surface area (TPSA) is 12.0 Å². The van der Waals surface area contributed by atoms with Crippen LogP contribution in [0.2, 0.25) is 0 Å². The molecule has 0 saturated heterocycles. The summed E-state index contributed by atoms with van der Waals surface area (Å²) in [4.78, 5) is 0. The summed E-state index contributed by atoms with van der Waals surface area (Å²) in [5, 5.41) is 3.93. The highest BCUT2D eigenvalue weighted by atomic mass is 15.0. The van der Waals surface area contributed by atoms with E-state index in [1.807, 2.05) is 0 Å². The van der Waals surface area contributed by atoms with Crippen LogP contribution >= 0.6 is 0 Å². The van der Waals surface area contributed by atoms with Crippen LogP contribution < -0.4 is 5.32 Å². The lowest BCUT2D eigenvalue weighted by Gasteiger charge is -2.39. The molecule has 0 amide bonds. The quantitative estimate of drug-likeness (QED) is 0.603. The van der Waals surface area contributed by atoms with E-state index >= 15 is 0 Å². The molecule has 1 heteroatoms. The van der Waals surface area contributed by atoms with Gasteiger partial charge >= 0.3 is 0 Å². The fourth-order valence-corrected chi connectivity index (χ4v) is 3.29. The van der Waals surface area contributed by atoms with Crippen molar-refractivity contribution in [1.82, 2.24) is 5.32 Å². The molecule has 1 atom stereocenters. The smallest absolute Gasteiger partial charge is 0.0949 e. The zero-order valence-corrected chi connectivity index (χ0v) is 14.4. The number of hydrogen-bond donors (Lipinski definition) is 1. The molecule has 1 N–H and O–H groups in total. The van der Waals surface area contributed by atoms with Crippen LogP contribution in [0.1, 0.15) is 37.0 Å². The molecule has 0 aliphatic heterocycles. The van der Waals surface area contributed by atoms with E-state index in [4.69, 9.17) is 0 Å². The Labute approximate surface area is 145 Å². The van der Waals surface area contributed by atoms with E-state index in [0.29, 0.717) is 6.04 Å². The van der Waals surface area contributed by atoms with Crippen LogP contribution in [0.15, 0.2) is 91.0 Å². The van der Waals surface area contributed by atoms with Crippen molar-refractivity contribution in [3.05, 3.63) is 108 Å². The van der Waals surface area contributed by atoms with Gasteiger partial charge in [0.05, 0.1) is 5.54 Å². The molecule has 0 bridgehead atoms. The minimum absolute atomic E-state index is 0.348. The number of benzene rings is 3. The van der Waals surface area contributed by atoms with E-state index in [2.05, 4.69) is 110 Å². The van der Waals surface area contributed by atoms with Crippen molar-refractivity contribution in [1.29, 1.82) is 0 Å². The summed E-state index contributed by atoms with van der Waals surface area (Å²) in [6.07, 6.45) is 1.08. The van der Waals surface area contributed by atoms with Gasteiger partial charge in [0.1, 0.15) is 0 Å². The predicted molar refractivity (Wildman–Crippen MR) is 102 cm³/mol. The summed E-state index contributed by atoms with van der Waals surface area (Å²) in [6, 6.07) is 32.6. The van der Waals surface area contributed by atoms with E-state index < -0.39 is 0 Å². The van der Waals surface area contributed by atoms with Crippen molar-refractivity contribution >= 4 is 0 Å². The second-order valence-corrected chi connectivity index (χ2v) is 6.30. The van der Waals surface area contributed by atoms with Crippen molar-refractivity contribution < 1.29 is 0 Å². The highest BCUT2D eigenvalue weighted by Crippen LogP contribution is 2.37. The molecule has 0 aromatic heterocycles. The molecule has 1 nitrogen and oxygen atoms in total. The zero-order valence-electron chi connectivity index (χ0n) is 14.4. The van der Waals surface area contributed by atoms with Gasteiger partial charge in [-0.2, -0.15) is 0 Å². The molecule has 0 fully saturated rings. The van der Waals surface area contributed by atoms with Crippen LogP contribution in [0.3, 0.4) is 0 Å². The Morgan fingerprint density at radius 3 is 1.29 bits per heavy atom. The lowest BCUT2D eigenvalue weighted by atomic mass is 9.76. The van der Waals surface area contributed by atoms with Crippen LogP contribution in [-0.2, 0) is 5.54 Å². The molecule has 0 spiro atoms. The van der Waals surface area contributed by atoms with Crippen LogP contribution in [0, 0.1) is 0 Å². The Bertz CT molecular complexity index is 638. The van der Waals surface area contributed by atoms with Gasteiger partial charge in [-0.25, -0.2) is 0 Å². The van der Waals surface area contributed by atoms with Gasteiger partial charge in [-0.05, 0) is 30.0 Å². The summed E-state index contributed by atoms with van der Waals surface area (Å²) < 4.78 is 0. The average molecular weight is 315 g/mol. The molecule has 0 aliphatic rings. The maximum absolute atomic E-state index is 3.93. The van der Waals surface area contributed by atoms with E-state index in [0.717, 1.165) is 6.42 Å². The summed E-state index contributed by atoms with van der Waals surface area (Å²) >= 11 is 0. The van der Waals surface area contributed by atoms with Gasteiger partial charge in [0.2, 0.25) is 0 Å². The second-order valence-electron chi connectivity index (χ2n) is 6.30. The van der Waals surface area contributed by atoms with E-state index in [-0.39, 0.29) is 5.54 Å². The van der Waals surface area contributed by atoms with Gasteiger partial charge in [-0.3, -0.25) is 5.32 Å². The first-order valence-electron chi connectivity index (χ1n) is 8.71. The molecule has 24 heavy (non-hydrogen) atoms. The van der Waals surface area contributed by atoms with Gasteiger partial charge in [-0.1, -0.05) is 97.9 Å². The minimum Gasteiger partial charge on any atom is -0.297 e. The van der Waals surface area contributed by atoms with Gasteiger partial charge in [0.15, 0.2) is 0 Å². The highest BCUT2D eigenvalue weighted by molar-refractivity contribution is 5.49. The fraction of sp³-hybridized carbons (Fsp3) is 0.217. The molecule has 3 aromatic carbocycles. The first-order chi connectivity index (χ1) is 11.8. The maximum Gasteiger partial charge on any atom is 0.0949 e. The van der Waals surface area contributed by atoms with Crippen molar-refractivity contribution in [3.63, 3.8) is 0 Å². The van der Waals surface area contributed by atoms with Crippen molar-refractivity contribution in [2.45, 2.75) is 31.8 Å². The Kier molecular flexibility index (Phi) is 5.12. The first kappa shape index (κ1) is 16.5. The molecule has 0 aliphatic carbocycles. The monoisotopic (exact) mass is 315 g/mol. The molecule has 0 heterocycles. The molecule has 122 valence electrons. The Balaban J connectivity index is 2.28. The fourth-order valence-electron chi connectivity index (χ4n) is 3.29. The van der Waals surface area contributed by atoms with Crippen molar-refractivity contribution in [3.8, 4) is 0 Å². The molecule has 0 unspecified atom stereocenters. The van der Waals surface area contributed by atoms with Gasteiger partial charge in [0, 0.05) is 6.04 Å². The SMILES string of the molecule is CC[C@H](C)NC(c1ccccc1)(c1ccccc1)c1ccccc1. The standard InChI is InChI=1S/C23H25N/c1-3-19(2)24-23(20-13-7-4-8-14-20,21-15-9-5-10-16-21)22-17-11-6-12-18-22/h4-19,24H,3H2,1-2H3/t19-/m0/s1. The largest absolute Gasteiger partial charge is 0.297 e. The normalized spacial score (nSPS) is 12.8. The molecule has 0 radical (unpaired) electrons. The number of rotatable bonds is 6. The summed E-state index contributed by atoms with van der Waals surface area (Å²) in [7, 11) is 0. The van der Waals surface area contributed by atoms with Gasteiger partial charge in [-0.15, -0.1) is 0 Å². The first-order valence-corrected chi connectivity index (χ1v) is 8.71. The highest BCUT2D eigenvalue weighted by Gasteiger charge is 2.36. The summed E-state index contributed by atoms with van der Waals surface area (Å²) in [5.74, 6) is 0. The lowest BCUT2D eigenvalue weighted by Crippen LogP contribution is -2.48. The molecule has 0 saturated carbocycles. The van der Waals surface area contributed by atoms with Crippen molar-refractivity contribution in [2.75, 3.05) is 0 Å². The third-order valence-electron chi connectivity index (χ3n) is 4.70. The second kappa shape index (κ2) is 7.46. The van der Waals surface area contributed by atoms with Gasteiger partial charge in [0.25, 0.3) is 0 Å². The molecular formula is C23H25N. The Morgan fingerprint density at radius 1 is 0.667 bits per heavy atom. The molecular weight excluding hydrogens is 290 g/mol. The van der Waals surface area contributed by atoms with E-state index in [1.165, 1.54) is 16.7 Å². The minimum atomic E-state index is -0.348.